The summed E-state index contributed by atoms with van der Waals surface area (Å²) in [7, 11) is 1.73. The standard InChI is InChI=1S/C28H41N3O9/c1-28(2,3)24-19(6-5-11-37-12-13-38-14-15-39-16-17-40-18-23(33)34)7-8-20-25(24)30(4)27(36)31(20)21-9-10-22(32)29-26(21)35/h7-8,21H,5-6,9-18H2,1-4H3,(H,33,34)(H,29,32,35). The highest BCUT2D eigenvalue weighted by Gasteiger charge is 2.33. The van der Waals surface area contributed by atoms with Crippen molar-refractivity contribution in [2.45, 2.75) is 57.9 Å². The van der Waals surface area contributed by atoms with E-state index in [0.29, 0.717) is 51.6 Å². The summed E-state index contributed by atoms with van der Waals surface area (Å²) in [5.41, 5.74) is 3.17. The minimum absolute atomic E-state index is 0.202. The Morgan fingerprint density at radius 3 is 2.15 bits per heavy atom. The smallest absolute Gasteiger partial charge is 0.329 e. The Labute approximate surface area is 233 Å². The van der Waals surface area contributed by atoms with Gasteiger partial charge in [-0.1, -0.05) is 26.8 Å². The van der Waals surface area contributed by atoms with Gasteiger partial charge in [0.1, 0.15) is 12.6 Å². The third-order valence-electron chi connectivity index (χ3n) is 6.68. The molecule has 2 aromatic rings. The molecule has 2 heterocycles. The van der Waals surface area contributed by atoms with Crippen molar-refractivity contribution in [1.82, 2.24) is 14.5 Å². The van der Waals surface area contributed by atoms with Gasteiger partial charge in [0.05, 0.1) is 50.7 Å². The van der Waals surface area contributed by atoms with E-state index in [4.69, 9.17) is 24.1 Å². The number of nitrogens with zero attached hydrogens (tertiary/aromatic N) is 2. The van der Waals surface area contributed by atoms with Gasteiger partial charge >= 0.3 is 11.7 Å². The molecule has 1 aromatic carbocycles. The Kier molecular flexibility index (Phi) is 11.4. The summed E-state index contributed by atoms with van der Waals surface area (Å²) in [6.45, 7) is 8.78. The second-order valence-electron chi connectivity index (χ2n) is 10.8. The van der Waals surface area contributed by atoms with Crippen LogP contribution in [0.4, 0.5) is 0 Å². The Morgan fingerprint density at radius 1 is 0.975 bits per heavy atom. The van der Waals surface area contributed by atoms with Crippen LogP contribution in [0.2, 0.25) is 0 Å². The number of fused-ring (bicyclic) bond motifs is 1. The minimum atomic E-state index is -1.01. The number of benzene rings is 1. The molecular weight excluding hydrogens is 522 g/mol. The van der Waals surface area contributed by atoms with Crippen LogP contribution in [0.15, 0.2) is 16.9 Å². The van der Waals surface area contributed by atoms with Crippen molar-refractivity contribution in [3.8, 4) is 0 Å². The first-order valence-electron chi connectivity index (χ1n) is 13.6. The van der Waals surface area contributed by atoms with Crippen molar-refractivity contribution < 1.29 is 38.4 Å². The maximum Gasteiger partial charge on any atom is 0.329 e. The lowest BCUT2D eigenvalue weighted by Crippen LogP contribution is -2.44. The lowest BCUT2D eigenvalue weighted by molar-refractivity contribution is -0.143. The topological polar surface area (TPSA) is 147 Å². The third-order valence-corrected chi connectivity index (χ3v) is 6.68. The van der Waals surface area contributed by atoms with Crippen molar-refractivity contribution >= 4 is 28.8 Å². The number of rotatable bonds is 16. The second kappa shape index (κ2) is 14.5. The number of ether oxygens (including phenoxy) is 4. The number of aromatic nitrogens is 2. The van der Waals surface area contributed by atoms with Gasteiger partial charge in [-0.15, -0.1) is 0 Å². The Balaban J connectivity index is 1.52. The van der Waals surface area contributed by atoms with E-state index < -0.39 is 17.9 Å². The molecule has 0 saturated carbocycles. The molecule has 1 unspecified atom stereocenters. The van der Waals surface area contributed by atoms with Gasteiger partial charge in [0, 0.05) is 20.1 Å². The van der Waals surface area contributed by atoms with Crippen LogP contribution in [-0.2, 0) is 52.2 Å². The summed E-state index contributed by atoms with van der Waals surface area (Å²) in [6, 6.07) is 3.22. The van der Waals surface area contributed by atoms with Crippen molar-refractivity contribution in [1.29, 1.82) is 0 Å². The maximum absolute atomic E-state index is 13.3. The molecule has 12 heteroatoms. The van der Waals surface area contributed by atoms with Crippen LogP contribution in [0.5, 0.6) is 0 Å². The lowest BCUT2D eigenvalue weighted by atomic mass is 9.81. The SMILES string of the molecule is Cn1c(=O)n(C2CCC(=O)NC2=O)c2ccc(CCCOCCOCCOCCOCC(=O)O)c(C(C)(C)C)c21. The zero-order chi connectivity index (χ0) is 29.3. The lowest BCUT2D eigenvalue weighted by Gasteiger charge is -2.25. The number of nitrogens with one attached hydrogen (secondary N) is 1. The van der Waals surface area contributed by atoms with Gasteiger partial charge in [0.25, 0.3) is 0 Å². The number of carbonyl (C=O) groups is 3. The molecular formula is C28H41N3O9. The summed E-state index contributed by atoms with van der Waals surface area (Å²) in [5.74, 6) is -1.76. The number of imidazole rings is 1. The molecule has 3 rings (SSSR count). The second-order valence-corrected chi connectivity index (χ2v) is 10.8. The number of aryl methyl sites for hydroxylation is 2. The van der Waals surface area contributed by atoms with E-state index in [9.17, 15) is 19.2 Å². The van der Waals surface area contributed by atoms with Crippen LogP contribution in [0.1, 0.15) is 57.2 Å². The molecule has 0 spiro atoms. The normalized spacial score (nSPS) is 16.1. The van der Waals surface area contributed by atoms with Crippen molar-refractivity contribution in [2.24, 2.45) is 7.05 Å². The number of carboxylic acid groups (broad SMARTS) is 1. The maximum atomic E-state index is 13.3. The minimum Gasteiger partial charge on any atom is -0.480 e. The highest BCUT2D eigenvalue weighted by Crippen LogP contribution is 2.35. The van der Waals surface area contributed by atoms with Gasteiger partial charge < -0.3 is 24.1 Å². The van der Waals surface area contributed by atoms with Gasteiger partial charge in [-0.05, 0) is 41.9 Å². The first-order valence-corrected chi connectivity index (χ1v) is 13.6. The number of amides is 2. The molecule has 1 atom stereocenters. The van der Waals surface area contributed by atoms with Crippen LogP contribution < -0.4 is 11.0 Å². The van der Waals surface area contributed by atoms with Crippen molar-refractivity contribution in [3.63, 3.8) is 0 Å². The summed E-state index contributed by atoms with van der Waals surface area (Å²) >= 11 is 0. The summed E-state index contributed by atoms with van der Waals surface area (Å²) in [5, 5.41) is 10.8. The highest BCUT2D eigenvalue weighted by atomic mass is 16.6. The molecule has 2 amide bonds. The molecule has 1 saturated heterocycles. The van der Waals surface area contributed by atoms with E-state index in [1.807, 2.05) is 12.1 Å². The monoisotopic (exact) mass is 563 g/mol. The number of hydrogen-bond donors (Lipinski definition) is 2. The largest absolute Gasteiger partial charge is 0.480 e. The average Bonchev–Trinajstić information content (AvgIpc) is 3.13. The van der Waals surface area contributed by atoms with Crippen LogP contribution in [-0.4, -0.2) is 84.9 Å². The Morgan fingerprint density at radius 2 is 1.57 bits per heavy atom. The zero-order valence-electron chi connectivity index (χ0n) is 23.8. The predicted octanol–water partition coefficient (Wildman–Crippen LogP) is 1.70. The number of aliphatic carboxylic acids is 1. The molecule has 0 aliphatic carbocycles. The highest BCUT2D eigenvalue weighted by molar-refractivity contribution is 6.00. The first kappa shape index (κ1) is 31.5. The van der Waals surface area contributed by atoms with Crippen molar-refractivity contribution in [2.75, 3.05) is 52.9 Å². The summed E-state index contributed by atoms with van der Waals surface area (Å²) in [6.07, 6.45) is 2.05. The molecule has 222 valence electrons. The fourth-order valence-electron chi connectivity index (χ4n) is 4.97. The van der Waals surface area contributed by atoms with Gasteiger partial charge in [-0.2, -0.15) is 0 Å². The van der Waals surface area contributed by atoms with E-state index in [1.165, 1.54) is 4.57 Å². The predicted molar refractivity (Wildman–Crippen MR) is 147 cm³/mol. The van der Waals surface area contributed by atoms with E-state index in [0.717, 1.165) is 29.5 Å². The van der Waals surface area contributed by atoms with Gasteiger partial charge in [-0.3, -0.25) is 24.0 Å². The number of carbonyl (C=O) groups excluding carboxylic acids is 2. The van der Waals surface area contributed by atoms with Crippen LogP contribution >= 0.6 is 0 Å². The van der Waals surface area contributed by atoms with Gasteiger partial charge in [0.2, 0.25) is 11.8 Å². The molecule has 1 fully saturated rings. The average molecular weight is 564 g/mol. The summed E-state index contributed by atoms with van der Waals surface area (Å²) < 4.78 is 24.5. The zero-order valence-corrected chi connectivity index (χ0v) is 23.8. The Bertz CT molecular complexity index is 1240. The van der Waals surface area contributed by atoms with E-state index in [2.05, 4.69) is 26.1 Å². The molecule has 2 N–H and O–H groups in total. The third kappa shape index (κ3) is 8.23. The first-order chi connectivity index (χ1) is 19.0. The molecule has 1 aliphatic rings. The van der Waals surface area contributed by atoms with E-state index >= 15 is 0 Å². The molecule has 1 aromatic heterocycles. The number of imide groups is 1. The molecule has 0 bridgehead atoms. The molecule has 0 radical (unpaired) electrons. The number of carboxylic acids is 1. The Hall–Kier alpha value is -3.06. The quantitative estimate of drug-likeness (QED) is 0.230. The number of hydrogen-bond acceptors (Lipinski definition) is 8. The van der Waals surface area contributed by atoms with E-state index in [-0.39, 0.29) is 36.6 Å². The van der Waals surface area contributed by atoms with Crippen molar-refractivity contribution in [3.05, 3.63) is 33.7 Å². The summed E-state index contributed by atoms with van der Waals surface area (Å²) in [4.78, 5) is 47.9. The molecule has 40 heavy (non-hydrogen) atoms. The van der Waals surface area contributed by atoms with Crippen LogP contribution in [0.25, 0.3) is 11.0 Å². The fraction of sp³-hybridized carbons (Fsp3) is 0.643. The van der Waals surface area contributed by atoms with Crippen LogP contribution in [0.3, 0.4) is 0 Å². The van der Waals surface area contributed by atoms with Gasteiger partial charge in [-0.25, -0.2) is 9.59 Å². The fourth-order valence-corrected chi connectivity index (χ4v) is 4.97. The number of piperidine rings is 1. The van der Waals surface area contributed by atoms with E-state index in [1.54, 1.807) is 11.6 Å². The van der Waals surface area contributed by atoms with Crippen LogP contribution in [0, 0.1) is 0 Å². The molecule has 12 nitrogen and oxygen atoms in total. The molecule has 1 aliphatic heterocycles. The van der Waals surface area contributed by atoms with Gasteiger partial charge in [0.15, 0.2) is 0 Å².